The Kier molecular flexibility index (Phi) is 7.56. The zero-order valence-corrected chi connectivity index (χ0v) is 21.4. The predicted octanol–water partition coefficient (Wildman–Crippen LogP) is 4.75. The summed E-state index contributed by atoms with van der Waals surface area (Å²) in [5.41, 5.74) is 3.22. The molecule has 1 unspecified atom stereocenters. The van der Waals surface area contributed by atoms with E-state index in [0.29, 0.717) is 46.8 Å². The largest absolute Gasteiger partial charge is 0.497 e. The number of aliphatic hydroxyl groups is 1. The highest BCUT2D eigenvalue weighted by Crippen LogP contribution is 2.36. The van der Waals surface area contributed by atoms with Crippen LogP contribution in [0.15, 0.2) is 97.1 Å². The Labute approximate surface area is 226 Å². The zero-order valence-electron chi connectivity index (χ0n) is 21.4. The summed E-state index contributed by atoms with van der Waals surface area (Å²) in [5.74, 6) is -0.514. The molecule has 0 bridgehead atoms. The predicted molar refractivity (Wildman–Crippen MR) is 147 cm³/mol. The van der Waals surface area contributed by atoms with Gasteiger partial charge in [0.15, 0.2) is 0 Å². The van der Waals surface area contributed by atoms with E-state index in [9.17, 15) is 19.1 Å². The first-order valence-electron chi connectivity index (χ1n) is 12.6. The van der Waals surface area contributed by atoms with Crippen molar-refractivity contribution in [3.63, 3.8) is 0 Å². The molecular formula is C31H28FN3O4. The highest BCUT2D eigenvalue weighted by Gasteiger charge is 2.38. The maximum atomic E-state index is 14.0. The fourth-order valence-electron chi connectivity index (χ4n) is 4.65. The van der Waals surface area contributed by atoms with Crippen LogP contribution in [0.25, 0.3) is 0 Å². The van der Waals surface area contributed by atoms with Crippen molar-refractivity contribution in [3.8, 4) is 5.75 Å². The molecule has 1 heterocycles. The number of fused-ring (bicyclic) bond motifs is 1. The normalized spacial score (nSPS) is 14.6. The van der Waals surface area contributed by atoms with E-state index in [-0.39, 0.29) is 12.5 Å². The Morgan fingerprint density at radius 3 is 2.41 bits per heavy atom. The Balaban J connectivity index is 1.46. The minimum Gasteiger partial charge on any atom is -0.497 e. The molecule has 0 saturated carbocycles. The Morgan fingerprint density at radius 1 is 0.949 bits per heavy atom. The third-order valence-electron chi connectivity index (χ3n) is 6.66. The lowest BCUT2D eigenvalue weighted by molar-refractivity contribution is 0.0852. The van der Waals surface area contributed by atoms with Crippen LogP contribution in [0.1, 0.15) is 31.8 Å². The van der Waals surface area contributed by atoms with Crippen molar-refractivity contribution in [1.82, 2.24) is 5.32 Å². The molecule has 0 spiro atoms. The third kappa shape index (κ3) is 5.61. The van der Waals surface area contributed by atoms with E-state index in [2.05, 4.69) is 5.32 Å². The molecule has 5 rings (SSSR count). The van der Waals surface area contributed by atoms with Gasteiger partial charge in [0, 0.05) is 24.3 Å². The molecular weight excluding hydrogens is 497 g/mol. The van der Waals surface area contributed by atoms with E-state index in [1.807, 2.05) is 30.3 Å². The number of nitrogens with one attached hydrogen (secondary N) is 1. The van der Waals surface area contributed by atoms with Crippen LogP contribution in [0.5, 0.6) is 5.75 Å². The fourth-order valence-corrected chi connectivity index (χ4v) is 4.65. The summed E-state index contributed by atoms with van der Waals surface area (Å²) >= 11 is 0. The topological polar surface area (TPSA) is 82.1 Å². The fraction of sp³-hybridized carbons (Fsp3) is 0.161. The highest BCUT2D eigenvalue weighted by molar-refractivity contribution is 6.13. The number of nitrogens with zero attached hydrogens (tertiary/aromatic N) is 2. The van der Waals surface area contributed by atoms with Gasteiger partial charge in [-0.2, -0.15) is 0 Å². The molecule has 1 atom stereocenters. The Hall–Kier alpha value is -4.69. The number of carbonyl (C=O) groups excluding carboxylic acids is 2. The quantitative estimate of drug-likeness (QED) is 0.347. The summed E-state index contributed by atoms with van der Waals surface area (Å²) < 4.78 is 19.2. The van der Waals surface area contributed by atoms with Crippen LogP contribution in [0.3, 0.4) is 0 Å². The van der Waals surface area contributed by atoms with E-state index >= 15 is 0 Å². The maximum Gasteiger partial charge on any atom is 0.263 e. The van der Waals surface area contributed by atoms with Crippen molar-refractivity contribution in [1.29, 1.82) is 0 Å². The van der Waals surface area contributed by atoms with Crippen molar-refractivity contribution in [2.24, 2.45) is 0 Å². The molecule has 8 heteroatoms. The van der Waals surface area contributed by atoms with Gasteiger partial charge in [0.1, 0.15) is 11.6 Å². The molecule has 2 N–H and O–H groups in total. The van der Waals surface area contributed by atoms with E-state index in [1.54, 1.807) is 66.6 Å². The number of carbonyl (C=O) groups is 2. The maximum absolute atomic E-state index is 14.0. The van der Waals surface area contributed by atoms with Gasteiger partial charge in [0.05, 0.1) is 18.4 Å². The van der Waals surface area contributed by atoms with Gasteiger partial charge in [-0.25, -0.2) is 4.39 Å². The number of halogens is 1. The van der Waals surface area contributed by atoms with E-state index < -0.39 is 18.1 Å². The number of anilines is 2. The number of hydrogen-bond acceptors (Lipinski definition) is 5. The second-order valence-corrected chi connectivity index (χ2v) is 9.20. The molecule has 39 heavy (non-hydrogen) atoms. The van der Waals surface area contributed by atoms with Gasteiger partial charge >= 0.3 is 0 Å². The Bertz CT molecular complexity index is 1480. The van der Waals surface area contributed by atoms with Crippen molar-refractivity contribution in [3.05, 3.63) is 125 Å². The van der Waals surface area contributed by atoms with Crippen molar-refractivity contribution >= 4 is 23.2 Å². The van der Waals surface area contributed by atoms with E-state index in [1.165, 1.54) is 17.0 Å². The molecule has 2 amide bonds. The lowest BCUT2D eigenvalue weighted by Crippen LogP contribution is -2.55. The molecule has 0 aliphatic carbocycles. The van der Waals surface area contributed by atoms with Gasteiger partial charge in [-0.1, -0.05) is 42.5 Å². The minimum absolute atomic E-state index is 0.102. The second-order valence-electron chi connectivity index (χ2n) is 9.20. The van der Waals surface area contributed by atoms with E-state index in [4.69, 9.17) is 4.74 Å². The summed E-state index contributed by atoms with van der Waals surface area (Å²) in [6, 6.07) is 27.4. The van der Waals surface area contributed by atoms with Crippen molar-refractivity contribution in [2.45, 2.75) is 19.3 Å². The molecule has 4 aromatic carbocycles. The highest BCUT2D eigenvalue weighted by atomic mass is 19.1. The average molecular weight is 526 g/mol. The first-order valence-corrected chi connectivity index (χ1v) is 12.6. The van der Waals surface area contributed by atoms with Gasteiger partial charge in [-0.05, 0) is 72.1 Å². The summed E-state index contributed by atoms with van der Waals surface area (Å²) in [5, 5.41) is 14.4. The lowest BCUT2D eigenvalue weighted by atomic mass is 10.0. The summed E-state index contributed by atoms with van der Waals surface area (Å²) in [6.45, 7) is 0.546. The number of aliphatic hydroxyl groups excluding tert-OH is 1. The molecule has 0 radical (unpaired) electrons. The standard InChI is InChI=1S/C31H28FN3O4/c1-39-26-13-11-25(12-14-26)35-30(37)27-15-10-23(29(36)33-17-16-21-6-3-2-4-7-21)19-28(27)34(31(35)38)20-22-8-5-9-24(32)18-22/h2-15,18-19,31,38H,16-17,20H2,1H3,(H,33,36). The van der Waals surface area contributed by atoms with Crippen LogP contribution in [-0.4, -0.2) is 36.9 Å². The molecule has 1 aliphatic heterocycles. The van der Waals surface area contributed by atoms with Crippen LogP contribution >= 0.6 is 0 Å². The summed E-state index contributed by atoms with van der Waals surface area (Å²) in [6.07, 6.45) is -0.727. The van der Waals surface area contributed by atoms with Gasteiger partial charge in [-0.15, -0.1) is 0 Å². The third-order valence-corrected chi connectivity index (χ3v) is 6.66. The number of benzene rings is 4. The first-order chi connectivity index (χ1) is 18.9. The van der Waals surface area contributed by atoms with Gasteiger partial charge in [0.25, 0.3) is 11.8 Å². The number of methoxy groups -OCH3 is 1. The van der Waals surface area contributed by atoms with Crippen LogP contribution < -0.4 is 19.9 Å². The minimum atomic E-state index is -1.40. The molecule has 4 aromatic rings. The molecule has 0 aromatic heterocycles. The van der Waals surface area contributed by atoms with Crippen LogP contribution in [0.2, 0.25) is 0 Å². The summed E-state index contributed by atoms with van der Waals surface area (Å²) in [4.78, 5) is 29.4. The SMILES string of the molecule is COc1ccc(N2C(=O)c3ccc(C(=O)NCCc4ccccc4)cc3N(Cc3cccc(F)c3)C2O)cc1. The molecule has 0 saturated heterocycles. The zero-order chi connectivity index (χ0) is 27.4. The number of rotatable bonds is 8. The number of hydrogen-bond donors (Lipinski definition) is 2. The number of ether oxygens (including phenoxy) is 1. The van der Waals surface area contributed by atoms with Gasteiger partial charge < -0.3 is 20.1 Å². The van der Waals surface area contributed by atoms with E-state index in [0.717, 1.165) is 5.56 Å². The lowest BCUT2D eigenvalue weighted by Gasteiger charge is -2.42. The van der Waals surface area contributed by atoms with Gasteiger partial charge in [0.2, 0.25) is 6.35 Å². The molecule has 0 fully saturated rings. The smallest absolute Gasteiger partial charge is 0.263 e. The van der Waals surface area contributed by atoms with Crippen LogP contribution in [0.4, 0.5) is 15.8 Å². The van der Waals surface area contributed by atoms with Crippen LogP contribution in [-0.2, 0) is 13.0 Å². The van der Waals surface area contributed by atoms with Gasteiger partial charge in [-0.3, -0.25) is 14.5 Å². The molecule has 198 valence electrons. The van der Waals surface area contributed by atoms with Crippen LogP contribution in [0, 0.1) is 5.82 Å². The number of amides is 2. The average Bonchev–Trinajstić information content (AvgIpc) is 2.96. The molecule has 7 nitrogen and oxygen atoms in total. The molecule has 1 aliphatic rings. The first kappa shape index (κ1) is 25.9. The van der Waals surface area contributed by atoms with Crippen molar-refractivity contribution < 1.29 is 23.8 Å². The second kappa shape index (κ2) is 11.4. The van der Waals surface area contributed by atoms with Crippen molar-refractivity contribution in [2.75, 3.05) is 23.5 Å². The monoisotopic (exact) mass is 525 g/mol. The Morgan fingerprint density at radius 2 is 1.69 bits per heavy atom. The summed E-state index contributed by atoms with van der Waals surface area (Å²) in [7, 11) is 1.54.